The van der Waals surface area contributed by atoms with Crippen LogP contribution in [0.2, 0.25) is 0 Å². The lowest BCUT2D eigenvalue weighted by Gasteiger charge is -2.39. The second kappa shape index (κ2) is 6.68. The number of carbonyl (C=O) groups is 1. The number of benzene rings is 1. The smallest absolute Gasteiger partial charge is 0.256 e. The van der Waals surface area contributed by atoms with Gasteiger partial charge in [0, 0.05) is 48.5 Å². The molecule has 0 spiro atoms. The van der Waals surface area contributed by atoms with Gasteiger partial charge in [0.25, 0.3) is 5.91 Å². The molecule has 0 radical (unpaired) electrons. The number of para-hydroxylation sites is 1. The molecule has 0 unspecified atom stereocenters. The lowest BCUT2D eigenvalue weighted by Crippen LogP contribution is -2.48. The summed E-state index contributed by atoms with van der Waals surface area (Å²) in [6, 6.07) is 11.0. The summed E-state index contributed by atoms with van der Waals surface area (Å²) in [6.45, 7) is 1.58. The predicted octanol–water partition coefficient (Wildman–Crippen LogP) is 3.23. The number of piperidine rings is 1. The summed E-state index contributed by atoms with van der Waals surface area (Å²) >= 11 is 0. The summed E-state index contributed by atoms with van der Waals surface area (Å²) in [5.74, 6) is 1.15. The van der Waals surface area contributed by atoms with E-state index in [-0.39, 0.29) is 5.91 Å². The van der Waals surface area contributed by atoms with E-state index in [0.717, 1.165) is 48.2 Å². The molecule has 0 bridgehead atoms. The minimum Gasteiger partial charge on any atom is -0.360 e. The highest BCUT2D eigenvalue weighted by molar-refractivity contribution is 6.06. The Labute approximate surface area is 158 Å². The van der Waals surface area contributed by atoms with Gasteiger partial charge in [0.1, 0.15) is 12.1 Å². The van der Waals surface area contributed by atoms with Gasteiger partial charge in [-0.2, -0.15) is 0 Å². The second-order valence-electron chi connectivity index (χ2n) is 7.48. The highest BCUT2D eigenvalue weighted by Gasteiger charge is 2.37. The SMILES string of the molecule is O=C(c1c[nH]c2ccccc12)N1CCC(N(c2ccncn2)C2CC2)CC1. The van der Waals surface area contributed by atoms with Crippen LogP contribution >= 0.6 is 0 Å². The first-order valence-electron chi connectivity index (χ1n) is 9.71. The molecule has 2 aromatic heterocycles. The van der Waals surface area contributed by atoms with E-state index in [0.29, 0.717) is 12.1 Å². The third kappa shape index (κ3) is 3.05. The van der Waals surface area contributed by atoms with Gasteiger partial charge in [0.15, 0.2) is 0 Å². The predicted molar refractivity (Wildman–Crippen MR) is 105 cm³/mol. The molecule has 0 atom stereocenters. The molecular formula is C21H23N5O. The van der Waals surface area contributed by atoms with Crippen molar-refractivity contribution in [2.45, 2.75) is 37.8 Å². The maximum atomic E-state index is 13.0. The van der Waals surface area contributed by atoms with Gasteiger partial charge in [-0.15, -0.1) is 0 Å². The van der Waals surface area contributed by atoms with Crippen molar-refractivity contribution in [1.82, 2.24) is 19.9 Å². The van der Waals surface area contributed by atoms with Gasteiger partial charge in [-0.3, -0.25) is 4.79 Å². The van der Waals surface area contributed by atoms with Crippen molar-refractivity contribution in [1.29, 1.82) is 0 Å². The first-order chi connectivity index (χ1) is 13.3. The fraction of sp³-hybridized carbons (Fsp3) is 0.381. The summed E-state index contributed by atoms with van der Waals surface area (Å²) in [6.07, 6.45) is 9.71. The summed E-state index contributed by atoms with van der Waals surface area (Å²) < 4.78 is 0. The Kier molecular flexibility index (Phi) is 4.03. The van der Waals surface area contributed by atoms with Crippen LogP contribution < -0.4 is 4.90 Å². The third-order valence-electron chi connectivity index (χ3n) is 5.74. The lowest BCUT2D eigenvalue weighted by molar-refractivity contribution is 0.0714. The molecule has 3 heterocycles. The first-order valence-corrected chi connectivity index (χ1v) is 9.71. The van der Waals surface area contributed by atoms with Gasteiger partial charge >= 0.3 is 0 Å². The van der Waals surface area contributed by atoms with E-state index < -0.39 is 0 Å². The Balaban J connectivity index is 1.30. The number of fused-ring (bicyclic) bond motifs is 1. The number of aromatic amines is 1. The van der Waals surface area contributed by atoms with E-state index in [1.807, 2.05) is 47.6 Å². The highest BCUT2D eigenvalue weighted by Crippen LogP contribution is 2.35. The Morgan fingerprint density at radius 1 is 1.07 bits per heavy atom. The number of rotatable bonds is 4. The molecule has 1 aromatic carbocycles. The summed E-state index contributed by atoms with van der Waals surface area (Å²) in [5, 5.41) is 1.00. The minimum absolute atomic E-state index is 0.130. The molecule has 1 saturated carbocycles. The Hall–Kier alpha value is -2.89. The molecular weight excluding hydrogens is 338 g/mol. The van der Waals surface area contributed by atoms with Crippen LogP contribution in [0.3, 0.4) is 0 Å². The molecule has 2 aliphatic rings. The van der Waals surface area contributed by atoms with Gasteiger partial charge in [0.2, 0.25) is 0 Å². The number of H-pyrrole nitrogens is 1. The molecule has 1 saturated heterocycles. The number of hydrogen-bond donors (Lipinski definition) is 1. The zero-order valence-corrected chi connectivity index (χ0v) is 15.2. The Morgan fingerprint density at radius 3 is 2.59 bits per heavy atom. The van der Waals surface area contributed by atoms with Crippen molar-refractivity contribution in [3.63, 3.8) is 0 Å². The number of carbonyl (C=O) groups excluding carboxylic acids is 1. The van der Waals surface area contributed by atoms with Gasteiger partial charge in [-0.25, -0.2) is 9.97 Å². The topological polar surface area (TPSA) is 65.1 Å². The molecule has 2 fully saturated rings. The largest absolute Gasteiger partial charge is 0.360 e. The molecule has 1 aliphatic carbocycles. The van der Waals surface area contributed by atoms with Crippen molar-refractivity contribution in [3.8, 4) is 0 Å². The van der Waals surface area contributed by atoms with Crippen LogP contribution in [0.4, 0.5) is 5.82 Å². The number of nitrogens with zero attached hydrogens (tertiary/aromatic N) is 4. The lowest BCUT2D eigenvalue weighted by atomic mass is 10.0. The molecule has 5 rings (SSSR count). The van der Waals surface area contributed by atoms with Crippen LogP contribution in [-0.4, -0.2) is 50.9 Å². The van der Waals surface area contributed by atoms with Crippen LogP contribution in [0.1, 0.15) is 36.0 Å². The number of nitrogens with one attached hydrogen (secondary N) is 1. The number of aromatic nitrogens is 3. The summed E-state index contributed by atoms with van der Waals surface area (Å²) in [5.41, 5.74) is 1.79. The normalized spacial score (nSPS) is 18.0. The molecule has 138 valence electrons. The maximum absolute atomic E-state index is 13.0. The van der Waals surface area contributed by atoms with Crippen LogP contribution in [0, 0.1) is 0 Å². The Bertz CT molecular complexity index is 941. The highest BCUT2D eigenvalue weighted by atomic mass is 16.2. The maximum Gasteiger partial charge on any atom is 0.256 e. The van der Waals surface area contributed by atoms with Gasteiger partial charge in [-0.05, 0) is 37.8 Å². The van der Waals surface area contributed by atoms with Crippen LogP contribution in [0.15, 0.2) is 49.1 Å². The molecule has 1 aliphatic heterocycles. The van der Waals surface area contributed by atoms with Gasteiger partial charge < -0.3 is 14.8 Å². The van der Waals surface area contributed by atoms with E-state index in [1.165, 1.54) is 12.8 Å². The van der Waals surface area contributed by atoms with E-state index >= 15 is 0 Å². The molecule has 1 N–H and O–H groups in total. The summed E-state index contributed by atoms with van der Waals surface area (Å²) in [4.78, 5) is 29.2. The van der Waals surface area contributed by atoms with Crippen molar-refractivity contribution in [2.24, 2.45) is 0 Å². The first kappa shape index (κ1) is 16.3. The minimum atomic E-state index is 0.130. The van der Waals surface area contributed by atoms with Crippen molar-refractivity contribution >= 4 is 22.6 Å². The van der Waals surface area contributed by atoms with Crippen LogP contribution in [0.25, 0.3) is 10.9 Å². The fourth-order valence-corrected chi connectivity index (χ4v) is 4.23. The number of likely N-dealkylation sites (tertiary alicyclic amines) is 1. The molecule has 6 nitrogen and oxygen atoms in total. The van der Waals surface area contributed by atoms with E-state index in [9.17, 15) is 4.79 Å². The number of anilines is 1. The number of amides is 1. The fourth-order valence-electron chi connectivity index (χ4n) is 4.23. The van der Waals surface area contributed by atoms with Gasteiger partial charge in [0.05, 0.1) is 5.56 Å². The quantitative estimate of drug-likeness (QED) is 0.775. The van der Waals surface area contributed by atoms with Crippen molar-refractivity contribution in [3.05, 3.63) is 54.6 Å². The molecule has 27 heavy (non-hydrogen) atoms. The van der Waals surface area contributed by atoms with E-state index in [2.05, 4.69) is 19.9 Å². The van der Waals surface area contributed by atoms with Crippen LogP contribution in [0.5, 0.6) is 0 Å². The molecule has 1 amide bonds. The Morgan fingerprint density at radius 2 is 1.85 bits per heavy atom. The monoisotopic (exact) mass is 361 g/mol. The molecule has 6 heteroatoms. The molecule has 3 aromatic rings. The third-order valence-corrected chi connectivity index (χ3v) is 5.74. The van der Waals surface area contributed by atoms with E-state index in [4.69, 9.17) is 0 Å². The van der Waals surface area contributed by atoms with Crippen molar-refractivity contribution in [2.75, 3.05) is 18.0 Å². The van der Waals surface area contributed by atoms with Crippen molar-refractivity contribution < 1.29 is 4.79 Å². The van der Waals surface area contributed by atoms with Crippen LogP contribution in [-0.2, 0) is 0 Å². The second-order valence-corrected chi connectivity index (χ2v) is 7.48. The standard InChI is InChI=1S/C21H23N5O/c27-21(18-13-23-19-4-2-1-3-17(18)19)25-11-8-16(9-12-25)26(15-5-6-15)20-7-10-22-14-24-20/h1-4,7,10,13-16,23H,5-6,8-9,11-12H2. The summed E-state index contributed by atoms with van der Waals surface area (Å²) in [7, 11) is 0. The number of hydrogen-bond acceptors (Lipinski definition) is 4. The van der Waals surface area contributed by atoms with E-state index in [1.54, 1.807) is 6.33 Å². The van der Waals surface area contributed by atoms with Gasteiger partial charge in [-0.1, -0.05) is 18.2 Å². The average molecular weight is 361 g/mol. The zero-order chi connectivity index (χ0) is 18.2. The average Bonchev–Trinajstić information content (AvgIpc) is 3.46. The zero-order valence-electron chi connectivity index (χ0n) is 15.2.